The number of hydrogen-bond acceptors (Lipinski definition) is 4. The van der Waals surface area contributed by atoms with E-state index < -0.39 is 0 Å². The number of rotatable bonds is 4. The van der Waals surface area contributed by atoms with Crippen LogP contribution in [0.25, 0.3) is 33.3 Å². The number of amidine groups is 1. The van der Waals surface area contributed by atoms with E-state index in [1.54, 1.807) is 11.8 Å². The minimum atomic E-state index is 0.440. The van der Waals surface area contributed by atoms with Gasteiger partial charge in [0, 0.05) is 22.4 Å². The first-order valence-electron chi connectivity index (χ1n) is 10.3. The molecule has 30 heavy (non-hydrogen) atoms. The molecule has 1 unspecified atom stereocenters. The zero-order chi connectivity index (χ0) is 20.3. The molecule has 0 saturated heterocycles. The second kappa shape index (κ2) is 8.33. The van der Waals surface area contributed by atoms with Gasteiger partial charge in [-0.3, -0.25) is 4.99 Å². The fourth-order valence-electron chi connectivity index (χ4n) is 3.72. The molecule has 0 fully saturated rings. The van der Waals surface area contributed by atoms with Crippen LogP contribution in [0.3, 0.4) is 0 Å². The maximum Gasteiger partial charge on any atom is 0.161 e. The Balaban J connectivity index is 1.49. The molecule has 3 nitrogen and oxygen atoms in total. The lowest BCUT2D eigenvalue weighted by Gasteiger charge is -2.11. The van der Waals surface area contributed by atoms with Gasteiger partial charge in [-0.05, 0) is 41.8 Å². The van der Waals surface area contributed by atoms with Crippen LogP contribution in [-0.2, 0) is 0 Å². The van der Waals surface area contributed by atoms with E-state index in [0.29, 0.717) is 6.04 Å². The van der Waals surface area contributed by atoms with Crippen LogP contribution in [-0.4, -0.2) is 21.9 Å². The van der Waals surface area contributed by atoms with E-state index in [1.165, 1.54) is 16.5 Å². The highest BCUT2D eigenvalue weighted by Gasteiger charge is 2.16. The Morgan fingerprint density at radius 1 is 0.900 bits per heavy atom. The molecular formula is C26H23N3S. The van der Waals surface area contributed by atoms with Crippen molar-refractivity contribution in [2.75, 3.05) is 11.1 Å². The van der Waals surface area contributed by atoms with Gasteiger partial charge in [-0.1, -0.05) is 79.3 Å². The Hall–Kier alpha value is -3.11. The lowest BCUT2D eigenvalue weighted by atomic mass is 9.98. The molecule has 1 aliphatic rings. The average molecular weight is 410 g/mol. The van der Waals surface area contributed by atoms with Gasteiger partial charge in [-0.15, -0.1) is 0 Å². The quantitative estimate of drug-likeness (QED) is 0.400. The number of benzene rings is 3. The van der Waals surface area contributed by atoms with Gasteiger partial charge in [0.15, 0.2) is 5.17 Å². The molecule has 0 bridgehead atoms. The summed E-state index contributed by atoms with van der Waals surface area (Å²) in [5.41, 5.74) is 6.58. The molecule has 0 radical (unpaired) electrons. The van der Waals surface area contributed by atoms with Crippen molar-refractivity contribution in [1.82, 2.24) is 4.98 Å². The van der Waals surface area contributed by atoms with Crippen LogP contribution in [0, 0.1) is 0 Å². The molecule has 1 atom stereocenters. The maximum atomic E-state index is 4.94. The van der Waals surface area contributed by atoms with Crippen LogP contribution in [0.1, 0.15) is 13.3 Å². The lowest BCUT2D eigenvalue weighted by molar-refractivity contribution is 0.738. The van der Waals surface area contributed by atoms with Crippen molar-refractivity contribution in [3.63, 3.8) is 0 Å². The molecule has 4 aromatic rings. The molecule has 5 rings (SSSR count). The zero-order valence-electron chi connectivity index (χ0n) is 16.9. The largest absolute Gasteiger partial charge is 0.335 e. The van der Waals surface area contributed by atoms with E-state index in [2.05, 4.69) is 91.1 Å². The predicted molar refractivity (Wildman–Crippen MR) is 130 cm³/mol. The van der Waals surface area contributed by atoms with Crippen molar-refractivity contribution in [2.45, 2.75) is 19.4 Å². The number of nitrogens with zero attached hydrogens (tertiary/aromatic N) is 2. The summed E-state index contributed by atoms with van der Waals surface area (Å²) in [6.45, 7) is 2.19. The molecule has 4 heteroatoms. The SMILES string of the molecule is CCC1CSC(Nc2ccc(-c3cc(-c4ccccc4)c4ccccc4n3)cc2)=N1. The summed E-state index contributed by atoms with van der Waals surface area (Å²) >= 11 is 1.80. The highest BCUT2D eigenvalue weighted by Crippen LogP contribution is 2.32. The van der Waals surface area contributed by atoms with Gasteiger partial charge in [-0.25, -0.2) is 4.98 Å². The standard InChI is InChI=1S/C26H23N3S/c1-2-20-17-30-26(27-20)28-21-14-12-19(13-15-21)25-16-23(18-8-4-3-5-9-18)22-10-6-7-11-24(22)29-25/h3-16,20H,2,17H2,1H3,(H,27,28). The monoisotopic (exact) mass is 409 g/mol. The van der Waals surface area contributed by atoms with Crippen LogP contribution < -0.4 is 5.32 Å². The highest BCUT2D eigenvalue weighted by atomic mass is 32.2. The van der Waals surface area contributed by atoms with E-state index in [0.717, 1.165) is 39.8 Å². The Bertz CT molecular complexity index is 1200. The molecule has 0 aliphatic carbocycles. The number of anilines is 1. The van der Waals surface area contributed by atoms with Crippen molar-refractivity contribution in [2.24, 2.45) is 4.99 Å². The summed E-state index contributed by atoms with van der Waals surface area (Å²) < 4.78 is 0. The summed E-state index contributed by atoms with van der Waals surface area (Å²) in [7, 11) is 0. The second-order valence-corrected chi connectivity index (χ2v) is 8.46. The topological polar surface area (TPSA) is 37.3 Å². The van der Waals surface area contributed by atoms with E-state index in [4.69, 9.17) is 9.98 Å². The normalized spacial score (nSPS) is 15.9. The van der Waals surface area contributed by atoms with Gasteiger partial charge in [0.25, 0.3) is 0 Å². The van der Waals surface area contributed by atoms with Crippen LogP contribution >= 0.6 is 11.8 Å². The number of fused-ring (bicyclic) bond motifs is 1. The third kappa shape index (κ3) is 3.83. The molecule has 0 spiro atoms. The minimum absolute atomic E-state index is 0.440. The van der Waals surface area contributed by atoms with Crippen LogP contribution in [0.5, 0.6) is 0 Å². The highest BCUT2D eigenvalue weighted by molar-refractivity contribution is 8.14. The van der Waals surface area contributed by atoms with Crippen LogP contribution in [0.15, 0.2) is 89.9 Å². The minimum Gasteiger partial charge on any atom is -0.335 e. The Morgan fingerprint density at radius 3 is 2.43 bits per heavy atom. The Labute approximate surface area is 181 Å². The first-order chi connectivity index (χ1) is 14.8. The second-order valence-electron chi connectivity index (χ2n) is 7.45. The van der Waals surface area contributed by atoms with E-state index in [1.807, 2.05) is 6.07 Å². The molecule has 3 aromatic carbocycles. The average Bonchev–Trinajstić information content (AvgIpc) is 3.27. The third-order valence-corrected chi connectivity index (χ3v) is 6.45. The maximum absolute atomic E-state index is 4.94. The number of aliphatic imine (C=N–C) groups is 1. The van der Waals surface area contributed by atoms with Gasteiger partial charge in [0.1, 0.15) is 0 Å². The Kier molecular flexibility index (Phi) is 5.24. The van der Waals surface area contributed by atoms with Crippen molar-refractivity contribution in [3.8, 4) is 22.4 Å². The molecule has 1 aliphatic heterocycles. The number of para-hydroxylation sites is 1. The van der Waals surface area contributed by atoms with Gasteiger partial charge >= 0.3 is 0 Å². The summed E-state index contributed by atoms with van der Waals surface area (Å²) in [6, 6.07) is 30.0. The summed E-state index contributed by atoms with van der Waals surface area (Å²) in [4.78, 5) is 9.66. The summed E-state index contributed by atoms with van der Waals surface area (Å²) in [5, 5.41) is 5.64. The predicted octanol–water partition coefficient (Wildman–Crippen LogP) is 6.86. The number of pyridine rings is 1. The summed E-state index contributed by atoms with van der Waals surface area (Å²) in [6.07, 6.45) is 1.09. The molecular weight excluding hydrogens is 386 g/mol. The number of hydrogen-bond donors (Lipinski definition) is 1. The van der Waals surface area contributed by atoms with Gasteiger partial charge in [0.2, 0.25) is 0 Å². The van der Waals surface area contributed by atoms with Crippen molar-refractivity contribution in [3.05, 3.63) is 84.9 Å². The van der Waals surface area contributed by atoms with Crippen molar-refractivity contribution < 1.29 is 0 Å². The number of nitrogens with one attached hydrogen (secondary N) is 1. The van der Waals surface area contributed by atoms with Crippen LogP contribution in [0.4, 0.5) is 5.69 Å². The lowest BCUT2D eigenvalue weighted by Crippen LogP contribution is -2.05. The molecule has 1 N–H and O–H groups in total. The fraction of sp³-hybridized carbons (Fsp3) is 0.154. The third-order valence-electron chi connectivity index (χ3n) is 5.42. The molecule has 1 aromatic heterocycles. The molecule has 0 saturated carbocycles. The van der Waals surface area contributed by atoms with E-state index in [9.17, 15) is 0 Å². The first kappa shape index (κ1) is 18.9. The molecule has 148 valence electrons. The summed E-state index contributed by atoms with van der Waals surface area (Å²) in [5.74, 6) is 1.07. The van der Waals surface area contributed by atoms with E-state index in [-0.39, 0.29) is 0 Å². The fourth-order valence-corrected chi connectivity index (χ4v) is 4.79. The number of thioether (sulfide) groups is 1. The molecule has 2 heterocycles. The molecule has 0 amide bonds. The van der Waals surface area contributed by atoms with Gasteiger partial charge in [0.05, 0.1) is 17.3 Å². The zero-order valence-corrected chi connectivity index (χ0v) is 17.7. The van der Waals surface area contributed by atoms with Crippen molar-refractivity contribution in [1.29, 1.82) is 0 Å². The smallest absolute Gasteiger partial charge is 0.161 e. The first-order valence-corrected chi connectivity index (χ1v) is 11.3. The van der Waals surface area contributed by atoms with Gasteiger partial charge in [-0.2, -0.15) is 0 Å². The van der Waals surface area contributed by atoms with E-state index >= 15 is 0 Å². The van der Waals surface area contributed by atoms with Gasteiger partial charge < -0.3 is 5.32 Å². The Morgan fingerprint density at radius 2 is 1.67 bits per heavy atom. The van der Waals surface area contributed by atoms with Crippen LogP contribution in [0.2, 0.25) is 0 Å². The van der Waals surface area contributed by atoms with Crippen molar-refractivity contribution >= 4 is 33.5 Å². The number of aromatic nitrogens is 1.